The van der Waals surface area contributed by atoms with Gasteiger partial charge in [0.05, 0.1) is 17.4 Å². The zero-order valence-corrected chi connectivity index (χ0v) is 14.8. The molecule has 0 saturated heterocycles. The highest BCUT2D eigenvalue weighted by molar-refractivity contribution is 7.99. The normalized spacial score (nSPS) is 10.5. The second-order valence-corrected chi connectivity index (χ2v) is 6.14. The Bertz CT molecular complexity index is 768. The molecule has 128 valence electrons. The smallest absolute Gasteiger partial charge is 0.413 e. The van der Waals surface area contributed by atoms with Gasteiger partial charge in [-0.1, -0.05) is 35.0 Å². The lowest BCUT2D eigenvalue weighted by Gasteiger charge is -2.06. The molecule has 11 heteroatoms. The molecule has 0 saturated carbocycles. The van der Waals surface area contributed by atoms with Crippen LogP contribution in [0.2, 0.25) is 10.0 Å². The number of benzene rings is 1. The number of carbonyl (C=O) groups excluding carboxylic acids is 2. The van der Waals surface area contributed by atoms with E-state index in [1.807, 2.05) is 0 Å². The van der Waals surface area contributed by atoms with Crippen molar-refractivity contribution in [3.05, 3.63) is 28.2 Å². The molecule has 24 heavy (non-hydrogen) atoms. The Balaban J connectivity index is 2.05. The van der Waals surface area contributed by atoms with Crippen LogP contribution in [0.1, 0.15) is 6.92 Å². The number of carbonyl (C=O) groups is 2. The third kappa shape index (κ3) is 4.53. The van der Waals surface area contributed by atoms with E-state index < -0.39 is 12.0 Å². The van der Waals surface area contributed by atoms with Crippen LogP contribution in [0.4, 0.5) is 4.79 Å². The molecule has 0 bridgehead atoms. The van der Waals surface area contributed by atoms with Gasteiger partial charge >= 0.3 is 6.09 Å². The molecule has 2 aromatic rings. The Morgan fingerprint density at radius 1 is 1.38 bits per heavy atom. The van der Waals surface area contributed by atoms with Gasteiger partial charge < -0.3 is 10.6 Å². The van der Waals surface area contributed by atoms with E-state index in [1.54, 1.807) is 25.1 Å². The highest BCUT2D eigenvalue weighted by atomic mass is 35.5. The zero-order valence-electron chi connectivity index (χ0n) is 12.5. The van der Waals surface area contributed by atoms with Gasteiger partial charge in [-0.3, -0.25) is 10.1 Å². The summed E-state index contributed by atoms with van der Waals surface area (Å²) in [6, 6.07) is 4.88. The van der Waals surface area contributed by atoms with Gasteiger partial charge in [0.1, 0.15) is 0 Å². The van der Waals surface area contributed by atoms with Crippen LogP contribution in [0, 0.1) is 0 Å². The van der Waals surface area contributed by atoms with Gasteiger partial charge in [-0.15, -0.1) is 10.2 Å². The minimum absolute atomic E-state index is 0.0809. The predicted molar refractivity (Wildman–Crippen MR) is 91.5 cm³/mol. The van der Waals surface area contributed by atoms with Crippen molar-refractivity contribution in [3.8, 4) is 11.4 Å². The third-order valence-corrected chi connectivity index (χ3v) is 4.18. The first-order chi connectivity index (χ1) is 11.4. The largest absolute Gasteiger partial charge is 0.450 e. The standard InChI is InChI=1S/C13H13Cl2N5O3S/c1-2-23-13(22)17-10(21)6-24-12-19-18-11(20(12)16)8-4-3-7(14)5-9(8)15/h3-5H,2,6,16H2,1H3,(H,17,21,22). The quantitative estimate of drug-likeness (QED) is 0.595. The monoisotopic (exact) mass is 389 g/mol. The molecule has 0 fully saturated rings. The van der Waals surface area contributed by atoms with Crippen molar-refractivity contribution in [1.29, 1.82) is 0 Å². The number of hydrogen-bond donors (Lipinski definition) is 2. The highest BCUT2D eigenvalue weighted by Crippen LogP contribution is 2.30. The number of hydrogen-bond acceptors (Lipinski definition) is 7. The molecule has 0 unspecified atom stereocenters. The first kappa shape index (κ1) is 18.4. The third-order valence-electron chi connectivity index (χ3n) is 2.69. The second-order valence-electron chi connectivity index (χ2n) is 4.36. The van der Waals surface area contributed by atoms with E-state index in [0.29, 0.717) is 21.4 Å². The van der Waals surface area contributed by atoms with Crippen molar-refractivity contribution in [3.63, 3.8) is 0 Å². The van der Waals surface area contributed by atoms with Gasteiger partial charge in [0, 0.05) is 10.6 Å². The van der Waals surface area contributed by atoms with Crippen LogP contribution in [0.25, 0.3) is 11.4 Å². The van der Waals surface area contributed by atoms with E-state index >= 15 is 0 Å². The van der Waals surface area contributed by atoms with Crippen molar-refractivity contribution >= 4 is 47.0 Å². The summed E-state index contributed by atoms with van der Waals surface area (Å²) in [5.41, 5.74) is 0.555. The van der Waals surface area contributed by atoms with Crippen LogP contribution >= 0.6 is 35.0 Å². The summed E-state index contributed by atoms with van der Waals surface area (Å²) in [7, 11) is 0. The molecule has 0 aliphatic rings. The van der Waals surface area contributed by atoms with Crippen LogP contribution < -0.4 is 11.2 Å². The van der Waals surface area contributed by atoms with E-state index in [0.717, 1.165) is 11.8 Å². The predicted octanol–water partition coefficient (Wildman–Crippen LogP) is 2.33. The number of nitrogen functional groups attached to an aromatic ring is 1. The molecule has 0 atom stereocenters. The summed E-state index contributed by atoms with van der Waals surface area (Å²) in [5, 5.41) is 11.1. The van der Waals surface area contributed by atoms with Crippen molar-refractivity contribution in [1.82, 2.24) is 20.2 Å². The summed E-state index contributed by atoms with van der Waals surface area (Å²) >= 11 is 13.0. The Morgan fingerprint density at radius 2 is 2.12 bits per heavy atom. The van der Waals surface area contributed by atoms with Gasteiger partial charge in [-0.2, -0.15) is 0 Å². The fraction of sp³-hybridized carbons (Fsp3) is 0.231. The van der Waals surface area contributed by atoms with Gasteiger partial charge in [-0.05, 0) is 25.1 Å². The Hall–Kier alpha value is -1.97. The van der Waals surface area contributed by atoms with Crippen LogP contribution in [-0.2, 0) is 9.53 Å². The maximum atomic E-state index is 11.6. The maximum absolute atomic E-state index is 11.6. The molecule has 2 amide bonds. The molecule has 1 aromatic heterocycles. The van der Waals surface area contributed by atoms with E-state index in [2.05, 4.69) is 20.3 Å². The molecule has 1 heterocycles. The topological polar surface area (TPSA) is 112 Å². The molecule has 3 N–H and O–H groups in total. The molecule has 2 rings (SSSR count). The Kier molecular flexibility index (Phi) is 6.29. The van der Waals surface area contributed by atoms with Gasteiger partial charge in [0.2, 0.25) is 11.1 Å². The van der Waals surface area contributed by atoms with Crippen molar-refractivity contribution in [2.75, 3.05) is 18.2 Å². The summed E-state index contributed by atoms with van der Waals surface area (Å²) in [4.78, 5) is 22.8. The lowest BCUT2D eigenvalue weighted by Crippen LogP contribution is -2.32. The van der Waals surface area contributed by atoms with Crippen LogP contribution in [0.3, 0.4) is 0 Å². The number of nitrogens with zero attached hydrogens (tertiary/aromatic N) is 3. The summed E-state index contributed by atoms with van der Waals surface area (Å²) in [5.74, 6) is 5.64. The highest BCUT2D eigenvalue weighted by Gasteiger charge is 2.17. The fourth-order valence-electron chi connectivity index (χ4n) is 1.68. The Labute approximate surface area is 151 Å². The minimum Gasteiger partial charge on any atom is -0.450 e. The van der Waals surface area contributed by atoms with Crippen LogP contribution in [0.5, 0.6) is 0 Å². The molecule has 0 spiro atoms. The van der Waals surface area contributed by atoms with Gasteiger partial charge in [-0.25, -0.2) is 9.47 Å². The molecular weight excluding hydrogens is 377 g/mol. The first-order valence-corrected chi connectivity index (χ1v) is 8.41. The number of ether oxygens (including phenoxy) is 1. The van der Waals surface area contributed by atoms with Gasteiger partial charge in [0.25, 0.3) is 0 Å². The zero-order chi connectivity index (χ0) is 17.7. The number of halogens is 2. The molecular formula is C13H13Cl2N5O3S. The first-order valence-electron chi connectivity index (χ1n) is 6.67. The van der Waals surface area contributed by atoms with Crippen molar-refractivity contribution < 1.29 is 14.3 Å². The number of amides is 2. The number of rotatable bonds is 5. The maximum Gasteiger partial charge on any atom is 0.413 e. The number of nitrogens with two attached hydrogens (primary N) is 1. The average Bonchev–Trinajstić information content (AvgIpc) is 2.86. The van der Waals surface area contributed by atoms with Crippen molar-refractivity contribution in [2.45, 2.75) is 12.1 Å². The molecule has 8 nitrogen and oxygen atoms in total. The number of nitrogens with one attached hydrogen (secondary N) is 1. The second kappa shape index (κ2) is 8.22. The molecule has 0 aliphatic heterocycles. The molecule has 0 radical (unpaired) electrons. The van der Waals surface area contributed by atoms with Crippen LogP contribution in [-0.4, -0.2) is 39.2 Å². The summed E-state index contributed by atoms with van der Waals surface area (Å²) < 4.78 is 5.82. The average molecular weight is 390 g/mol. The van der Waals surface area contributed by atoms with Crippen LogP contribution in [0.15, 0.2) is 23.4 Å². The van der Waals surface area contributed by atoms with E-state index in [9.17, 15) is 9.59 Å². The summed E-state index contributed by atoms with van der Waals surface area (Å²) in [6.07, 6.45) is -0.800. The number of thioether (sulfide) groups is 1. The van der Waals surface area contributed by atoms with Gasteiger partial charge in [0.15, 0.2) is 5.82 Å². The van der Waals surface area contributed by atoms with E-state index in [-0.39, 0.29) is 17.5 Å². The lowest BCUT2D eigenvalue weighted by atomic mass is 10.2. The molecule has 1 aromatic carbocycles. The lowest BCUT2D eigenvalue weighted by molar-refractivity contribution is -0.117. The summed E-state index contributed by atoms with van der Waals surface area (Å²) in [6.45, 7) is 1.81. The van der Waals surface area contributed by atoms with E-state index in [4.69, 9.17) is 29.0 Å². The number of imide groups is 1. The fourth-order valence-corrected chi connectivity index (χ4v) is 2.83. The molecule has 0 aliphatic carbocycles. The number of aromatic nitrogens is 3. The minimum atomic E-state index is -0.800. The van der Waals surface area contributed by atoms with Crippen molar-refractivity contribution in [2.24, 2.45) is 0 Å². The van der Waals surface area contributed by atoms with E-state index in [1.165, 1.54) is 4.68 Å². The Morgan fingerprint density at radius 3 is 2.79 bits per heavy atom. The number of alkyl carbamates (subject to hydrolysis) is 1. The SMILES string of the molecule is CCOC(=O)NC(=O)CSc1nnc(-c2ccc(Cl)cc2Cl)n1N.